The summed E-state index contributed by atoms with van der Waals surface area (Å²) >= 11 is 0. The van der Waals surface area contributed by atoms with E-state index in [0.717, 1.165) is 5.56 Å². The fourth-order valence-corrected chi connectivity index (χ4v) is 3.66. The molecule has 0 aromatic heterocycles. The Morgan fingerprint density at radius 2 is 1.00 bits per heavy atom. The minimum Gasteiger partial charge on any atom is -0.497 e. The Kier molecular flexibility index (Phi) is 8.83. The van der Waals surface area contributed by atoms with E-state index in [1.54, 1.807) is 93.1 Å². The van der Waals surface area contributed by atoms with Crippen LogP contribution >= 0.6 is 0 Å². The Bertz CT molecular complexity index is 1490. The molecule has 0 atom stereocenters. The van der Waals surface area contributed by atoms with Crippen LogP contribution in [0.5, 0.6) is 11.5 Å². The predicted octanol–water partition coefficient (Wildman–Crippen LogP) is 6.55. The standard InChI is InChI=1S/C30H29N5O5/c1-19-4-6-20(7-5-19)28(36)31-23-12-17-26(34-29(37)32-21-8-13-24(39-2)14-9-21)27(18-23)35-30(38)33-22-10-15-25(40-3)16-11-22/h4-18H,1-3H3,(H,31,36)(H2,32,34,37)(H2,33,35,38). The van der Waals surface area contributed by atoms with E-state index in [9.17, 15) is 14.4 Å². The van der Waals surface area contributed by atoms with Gasteiger partial charge in [0.1, 0.15) is 11.5 Å². The number of urea groups is 2. The van der Waals surface area contributed by atoms with Crippen LogP contribution in [0, 0.1) is 6.92 Å². The van der Waals surface area contributed by atoms with Crippen LogP contribution in [0.2, 0.25) is 0 Å². The Labute approximate surface area is 231 Å². The second-order valence-electron chi connectivity index (χ2n) is 8.70. The molecule has 4 aromatic rings. The fraction of sp³-hybridized carbons (Fsp3) is 0.100. The Morgan fingerprint density at radius 1 is 0.525 bits per heavy atom. The van der Waals surface area contributed by atoms with Crippen molar-refractivity contribution in [3.8, 4) is 11.5 Å². The number of carbonyl (C=O) groups is 3. The van der Waals surface area contributed by atoms with E-state index in [0.29, 0.717) is 39.8 Å². The van der Waals surface area contributed by atoms with Gasteiger partial charge in [-0.3, -0.25) is 4.79 Å². The molecule has 0 aliphatic heterocycles. The van der Waals surface area contributed by atoms with E-state index in [1.165, 1.54) is 0 Å². The van der Waals surface area contributed by atoms with Gasteiger partial charge in [0.05, 0.1) is 25.6 Å². The van der Waals surface area contributed by atoms with Gasteiger partial charge in [-0.05, 0) is 85.8 Å². The summed E-state index contributed by atoms with van der Waals surface area (Å²) in [6.45, 7) is 1.94. The second-order valence-corrected chi connectivity index (χ2v) is 8.70. The minimum absolute atomic E-state index is 0.262. The monoisotopic (exact) mass is 539 g/mol. The van der Waals surface area contributed by atoms with Gasteiger partial charge in [0.25, 0.3) is 5.91 Å². The quantitative estimate of drug-likeness (QED) is 0.173. The molecule has 0 unspecified atom stereocenters. The van der Waals surface area contributed by atoms with Gasteiger partial charge < -0.3 is 36.1 Å². The zero-order chi connectivity index (χ0) is 28.5. The number of benzene rings is 4. The average Bonchev–Trinajstić information content (AvgIpc) is 2.95. The van der Waals surface area contributed by atoms with E-state index in [4.69, 9.17) is 9.47 Å². The van der Waals surface area contributed by atoms with Crippen LogP contribution in [0.3, 0.4) is 0 Å². The number of nitrogens with one attached hydrogen (secondary N) is 5. The summed E-state index contributed by atoms with van der Waals surface area (Å²) in [7, 11) is 3.11. The summed E-state index contributed by atoms with van der Waals surface area (Å²) in [5.74, 6) is 0.993. The molecule has 0 heterocycles. The molecule has 204 valence electrons. The average molecular weight is 540 g/mol. The first kappa shape index (κ1) is 27.5. The summed E-state index contributed by atoms with van der Waals surface area (Å²) in [5, 5.41) is 13.8. The number of rotatable bonds is 8. The molecule has 4 aromatic carbocycles. The molecule has 10 heteroatoms. The maximum atomic E-state index is 12.8. The fourth-order valence-electron chi connectivity index (χ4n) is 3.66. The molecule has 40 heavy (non-hydrogen) atoms. The van der Waals surface area contributed by atoms with Crippen molar-refractivity contribution < 1.29 is 23.9 Å². The van der Waals surface area contributed by atoms with Crippen molar-refractivity contribution in [2.75, 3.05) is 40.8 Å². The van der Waals surface area contributed by atoms with Crippen molar-refractivity contribution in [3.05, 3.63) is 102 Å². The Morgan fingerprint density at radius 3 is 1.50 bits per heavy atom. The molecule has 0 fully saturated rings. The number of carbonyl (C=O) groups excluding carboxylic acids is 3. The lowest BCUT2D eigenvalue weighted by Gasteiger charge is -2.16. The molecule has 0 spiro atoms. The van der Waals surface area contributed by atoms with Crippen molar-refractivity contribution in [1.29, 1.82) is 0 Å². The van der Waals surface area contributed by atoms with Gasteiger partial charge in [0, 0.05) is 22.6 Å². The van der Waals surface area contributed by atoms with Crippen LogP contribution in [0.25, 0.3) is 0 Å². The number of methoxy groups -OCH3 is 2. The molecule has 0 saturated carbocycles. The molecule has 0 bridgehead atoms. The van der Waals surface area contributed by atoms with Crippen LogP contribution in [0.1, 0.15) is 15.9 Å². The van der Waals surface area contributed by atoms with Gasteiger partial charge in [-0.2, -0.15) is 0 Å². The van der Waals surface area contributed by atoms with Gasteiger partial charge >= 0.3 is 12.1 Å². The summed E-state index contributed by atoms with van der Waals surface area (Å²) in [6, 6.07) is 24.5. The lowest BCUT2D eigenvalue weighted by Crippen LogP contribution is -2.23. The first-order valence-corrected chi connectivity index (χ1v) is 12.3. The van der Waals surface area contributed by atoms with Crippen molar-refractivity contribution >= 4 is 46.4 Å². The topological polar surface area (TPSA) is 130 Å². The summed E-state index contributed by atoms with van der Waals surface area (Å²) in [4.78, 5) is 38.3. The number of anilines is 5. The van der Waals surface area contributed by atoms with Gasteiger partial charge in [0.2, 0.25) is 0 Å². The number of aryl methyl sites for hydroxylation is 1. The van der Waals surface area contributed by atoms with Crippen LogP contribution in [-0.2, 0) is 0 Å². The summed E-state index contributed by atoms with van der Waals surface area (Å²) in [5.41, 5.74) is 3.60. The highest BCUT2D eigenvalue weighted by Gasteiger charge is 2.14. The van der Waals surface area contributed by atoms with E-state index in [-0.39, 0.29) is 11.6 Å². The SMILES string of the molecule is COc1ccc(NC(=O)Nc2ccc(NC(=O)c3ccc(C)cc3)cc2NC(=O)Nc2ccc(OC)cc2)cc1. The molecule has 0 aliphatic rings. The van der Waals surface area contributed by atoms with Crippen molar-refractivity contribution in [2.24, 2.45) is 0 Å². The van der Waals surface area contributed by atoms with E-state index >= 15 is 0 Å². The highest BCUT2D eigenvalue weighted by molar-refractivity contribution is 6.08. The van der Waals surface area contributed by atoms with E-state index < -0.39 is 12.1 Å². The van der Waals surface area contributed by atoms with Crippen LogP contribution in [-0.4, -0.2) is 32.2 Å². The third-order valence-electron chi connectivity index (χ3n) is 5.78. The maximum Gasteiger partial charge on any atom is 0.323 e. The highest BCUT2D eigenvalue weighted by atomic mass is 16.5. The first-order chi connectivity index (χ1) is 19.3. The first-order valence-electron chi connectivity index (χ1n) is 12.3. The molecule has 0 radical (unpaired) electrons. The molecular formula is C30H29N5O5. The number of ether oxygens (including phenoxy) is 2. The Hall–Kier alpha value is -5.51. The zero-order valence-electron chi connectivity index (χ0n) is 22.2. The zero-order valence-corrected chi connectivity index (χ0v) is 22.2. The van der Waals surface area contributed by atoms with Crippen molar-refractivity contribution in [3.63, 3.8) is 0 Å². The second kappa shape index (κ2) is 12.8. The molecule has 0 saturated heterocycles. The maximum absolute atomic E-state index is 12.8. The number of amides is 5. The smallest absolute Gasteiger partial charge is 0.323 e. The minimum atomic E-state index is -0.550. The van der Waals surface area contributed by atoms with Crippen LogP contribution in [0.4, 0.5) is 38.0 Å². The van der Waals surface area contributed by atoms with Gasteiger partial charge in [-0.1, -0.05) is 17.7 Å². The van der Waals surface area contributed by atoms with E-state index in [1.807, 2.05) is 19.1 Å². The lowest BCUT2D eigenvalue weighted by molar-refractivity contribution is 0.102. The lowest BCUT2D eigenvalue weighted by atomic mass is 10.1. The number of hydrogen-bond donors (Lipinski definition) is 5. The number of hydrogen-bond acceptors (Lipinski definition) is 5. The summed E-state index contributed by atoms with van der Waals surface area (Å²) < 4.78 is 10.3. The molecule has 10 nitrogen and oxygen atoms in total. The van der Waals surface area contributed by atoms with Crippen LogP contribution in [0.15, 0.2) is 91.0 Å². The van der Waals surface area contributed by atoms with Crippen molar-refractivity contribution in [1.82, 2.24) is 0 Å². The van der Waals surface area contributed by atoms with E-state index in [2.05, 4.69) is 26.6 Å². The third kappa shape index (κ3) is 7.51. The van der Waals surface area contributed by atoms with Gasteiger partial charge in [-0.15, -0.1) is 0 Å². The molecule has 5 N–H and O–H groups in total. The molecule has 0 aliphatic carbocycles. The van der Waals surface area contributed by atoms with Crippen LogP contribution < -0.4 is 36.1 Å². The summed E-state index contributed by atoms with van der Waals surface area (Å²) in [6.07, 6.45) is 0. The van der Waals surface area contributed by atoms with Gasteiger partial charge in [0.15, 0.2) is 0 Å². The highest BCUT2D eigenvalue weighted by Crippen LogP contribution is 2.27. The third-order valence-corrected chi connectivity index (χ3v) is 5.78. The Balaban J connectivity index is 1.52. The molecule has 4 rings (SSSR count). The largest absolute Gasteiger partial charge is 0.497 e. The normalized spacial score (nSPS) is 10.2. The van der Waals surface area contributed by atoms with Gasteiger partial charge in [-0.25, -0.2) is 9.59 Å². The molecular weight excluding hydrogens is 510 g/mol. The van der Waals surface area contributed by atoms with Crippen molar-refractivity contribution in [2.45, 2.75) is 6.92 Å². The predicted molar refractivity (Wildman–Crippen MR) is 157 cm³/mol. The molecule has 5 amide bonds.